The van der Waals surface area contributed by atoms with Gasteiger partial charge in [0, 0.05) is 12.2 Å². The molecule has 0 saturated carbocycles. The molecule has 0 aromatic carbocycles. The van der Waals surface area contributed by atoms with E-state index in [0.29, 0.717) is 0 Å². The Balaban J connectivity index is 1.77. The normalized spacial score (nSPS) is 25.8. The molecule has 1 aliphatic rings. The smallest absolute Gasteiger partial charge is 0.387 e. The Morgan fingerprint density at radius 3 is 2.30 bits per heavy atom. The minimum absolute atomic E-state index is 0.0493. The number of rotatable bonds is 10. The molecule has 0 aliphatic carbocycles. The molecule has 0 spiro atoms. The first-order chi connectivity index (χ1) is 16.9. The van der Waals surface area contributed by atoms with Gasteiger partial charge in [0.05, 0.1) is 18.4 Å². The molecular formula is C14H23N6O14P3. The monoisotopic (exact) mass is 592 g/mol. The minimum atomic E-state index is -5.77. The van der Waals surface area contributed by atoms with E-state index in [1.807, 2.05) is 13.8 Å². The number of nitrogens with two attached hydrogens (primary N) is 1. The Bertz CT molecular complexity index is 1340. The van der Waals surface area contributed by atoms with E-state index in [1.54, 1.807) is 0 Å². The maximum atomic E-state index is 12.5. The molecule has 6 atom stereocenters. The topological polar surface area (TPSA) is 301 Å². The van der Waals surface area contributed by atoms with Crippen LogP contribution in [0.15, 0.2) is 17.2 Å². The predicted molar refractivity (Wildman–Crippen MR) is 118 cm³/mol. The van der Waals surface area contributed by atoms with Crippen molar-refractivity contribution in [2.24, 2.45) is 0 Å². The highest BCUT2D eigenvalue weighted by atomic mass is 31.3. The molecule has 37 heavy (non-hydrogen) atoms. The van der Waals surface area contributed by atoms with Crippen molar-refractivity contribution in [2.75, 3.05) is 12.3 Å². The van der Waals surface area contributed by atoms with Gasteiger partial charge in [-0.1, -0.05) is 5.21 Å². The van der Waals surface area contributed by atoms with Crippen LogP contribution in [0.2, 0.25) is 0 Å². The summed E-state index contributed by atoms with van der Waals surface area (Å²) in [6.07, 6.45) is -4.18. The van der Waals surface area contributed by atoms with Crippen molar-refractivity contribution in [1.29, 1.82) is 0 Å². The van der Waals surface area contributed by atoms with Crippen LogP contribution in [0.25, 0.3) is 11.3 Å². The van der Waals surface area contributed by atoms with Crippen LogP contribution in [-0.4, -0.2) is 79.3 Å². The van der Waals surface area contributed by atoms with E-state index in [9.17, 15) is 38.5 Å². The fourth-order valence-electron chi connectivity index (χ4n) is 3.08. The maximum absolute atomic E-state index is 12.5. The van der Waals surface area contributed by atoms with Crippen LogP contribution in [0.4, 0.5) is 5.82 Å². The van der Waals surface area contributed by atoms with E-state index >= 15 is 0 Å². The maximum Gasteiger partial charge on any atom is 0.490 e. The van der Waals surface area contributed by atoms with Crippen LogP contribution in [0.3, 0.4) is 0 Å². The highest BCUT2D eigenvalue weighted by Gasteiger charge is 2.47. The summed E-state index contributed by atoms with van der Waals surface area (Å²) >= 11 is 0. The average Bonchev–Trinajstić information content (AvgIpc) is 3.31. The van der Waals surface area contributed by atoms with Crippen LogP contribution < -0.4 is 11.4 Å². The second-order valence-corrected chi connectivity index (χ2v) is 12.3. The quantitative estimate of drug-likeness (QED) is 0.156. The molecule has 1 fully saturated rings. The molecule has 0 radical (unpaired) electrons. The molecule has 2 aromatic rings. The van der Waals surface area contributed by atoms with Gasteiger partial charge in [-0.05, 0) is 13.8 Å². The van der Waals surface area contributed by atoms with Gasteiger partial charge in [-0.2, -0.15) is 13.6 Å². The number of hydrogen-bond acceptors (Lipinski definition) is 14. The van der Waals surface area contributed by atoms with Gasteiger partial charge in [-0.25, -0.2) is 23.2 Å². The molecule has 3 unspecified atom stereocenters. The molecule has 3 rings (SSSR count). The number of phosphoric ester groups is 1. The molecular weight excluding hydrogens is 569 g/mol. The number of phosphoric acid groups is 3. The summed E-state index contributed by atoms with van der Waals surface area (Å²) in [6, 6.07) is -0.0493. The fraction of sp³-hybridized carbons (Fsp3) is 0.571. The molecule has 1 aliphatic heterocycles. The van der Waals surface area contributed by atoms with Crippen molar-refractivity contribution in [3.05, 3.63) is 22.9 Å². The Labute approximate surface area is 206 Å². The number of nitrogens with zero attached hydrogens (tertiary/aromatic N) is 5. The van der Waals surface area contributed by atoms with Crippen molar-refractivity contribution >= 4 is 29.3 Å². The molecule has 2 aromatic heterocycles. The lowest BCUT2D eigenvalue weighted by Gasteiger charge is -2.19. The standard InChI is InChI=1S/C14H23N6O14P3/c1-6(2)20-4-8(17-18-20)7-3-19(14(23)16-12(7)15)13-11(22)10(21)9(32-13)5-31-36(27,28)34-37(29,30)33-35(24,25)26/h3-4,6,9-11,13,21-22H,5H2,1-2H3,(H,27,28)(H,29,30)(H2,15,16,23)(H2,24,25,26)/t9-,10?,11+,13-/m1/s1. The summed E-state index contributed by atoms with van der Waals surface area (Å²) in [7, 11) is -16.9. The Morgan fingerprint density at radius 2 is 1.73 bits per heavy atom. The zero-order valence-corrected chi connectivity index (χ0v) is 21.5. The molecule has 23 heteroatoms. The van der Waals surface area contributed by atoms with Crippen molar-refractivity contribution in [3.63, 3.8) is 0 Å². The number of anilines is 1. The van der Waals surface area contributed by atoms with E-state index in [0.717, 1.165) is 10.8 Å². The Hall–Kier alpha value is -1.89. The Kier molecular flexibility index (Phi) is 8.58. The summed E-state index contributed by atoms with van der Waals surface area (Å²) in [5, 5.41) is 28.6. The summed E-state index contributed by atoms with van der Waals surface area (Å²) in [5.41, 5.74) is 5.19. The zero-order valence-electron chi connectivity index (χ0n) is 18.9. The molecule has 0 amide bonds. The number of hydrogen-bond donors (Lipinski definition) is 7. The van der Waals surface area contributed by atoms with Gasteiger partial charge in [0.25, 0.3) is 0 Å². The third-order valence-corrected chi connectivity index (χ3v) is 8.53. The molecule has 3 heterocycles. The number of aliphatic hydroxyl groups is 2. The van der Waals surface area contributed by atoms with Gasteiger partial charge in [0.15, 0.2) is 6.23 Å². The highest BCUT2D eigenvalue weighted by molar-refractivity contribution is 7.66. The fourth-order valence-corrected chi connectivity index (χ4v) is 6.11. The summed E-state index contributed by atoms with van der Waals surface area (Å²) in [6.45, 7) is 2.62. The van der Waals surface area contributed by atoms with Gasteiger partial charge >= 0.3 is 29.2 Å². The van der Waals surface area contributed by atoms with Gasteiger partial charge < -0.3 is 40.3 Å². The highest BCUT2D eigenvalue weighted by Crippen LogP contribution is 2.66. The number of ether oxygens (including phenoxy) is 1. The van der Waals surface area contributed by atoms with Crippen LogP contribution in [0, 0.1) is 0 Å². The molecule has 20 nitrogen and oxygen atoms in total. The van der Waals surface area contributed by atoms with Crippen molar-refractivity contribution < 1.29 is 61.4 Å². The van der Waals surface area contributed by atoms with E-state index in [1.165, 1.54) is 10.9 Å². The lowest BCUT2D eigenvalue weighted by molar-refractivity contribution is -0.0540. The average molecular weight is 592 g/mol. The first-order valence-corrected chi connectivity index (χ1v) is 14.5. The largest absolute Gasteiger partial charge is 0.490 e. The third kappa shape index (κ3) is 7.36. The lowest BCUT2D eigenvalue weighted by Crippen LogP contribution is -2.36. The zero-order chi connectivity index (χ0) is 27.9. The van der Waals surface area contributed by atoms with Gasteiger partial charge in [-0.15, -0.1) is 5.10 Å². The van der Waals surface area contributed by atoms with Gasteiger partial charge in [0.2, 0.25) is 0 Å². The van der Waals surface area contributed by atoms with Gasteiger partial charge in [0.1, 0.15) is 29.8 Å². The predicted octanol–water partition coefficient (Wildman–Crippen LogP) is -1.37. The Morgan fingerprint density at radius 1 is 1.08 bits per heavy atom. The van der Waals surface area contributed by atoms with E-state index in [4.69, 9.17) is 20.3 Å². The first-order valence-electron chi connectivity index (χ1n) is 10.00. The third-order valence-electron chi connectivity index (χ3n) is 4.73. The van der Waals surface area contributed by atoms with Crippen LogP contribution >= 0.6 is 23.5 Å². The molecule has 208 valence electrons. The lowest BCUT2D eigenvalue weighted by atomic mass is 10.1. The molecule has 8 N–H and O–H groups in total. The van der Waals surface area contributed by atoms with Crippen LogP contribution in [0.5, 0.6) is 0 Å². The van der Waals surface area contributed by atoms with Crippen LogP contribution in [-0.2, 0) is 31.6 Å². The number of nitrogen functional groups attached to an aromatic ring is 1. The van der Waals surface area contributed by atoms with Crippen LogP contribution in [0.1, 0.15) is 26.1 Å². The number of aliphatic hydroxyl groups excluding tert-OH is 2. The van der Waals surface area contributed by atoms with E-state index < -0.39 is 60.3 Å². The van der Waals surface area contributed by atoms with E-state index in [-0.39, 0.29) is 23.1 Å². The number of aromatic nitrogens is 5. The van der Waals surface area contributed by atoms with E-state index in [2.05, 4.69) is 28.4 Å². The van der Waals surface area contributed by atoms with Gasteiger partial charge in [-0.3, -0.25) is 9.09 Å². The van der Waals surface area contributed by atoms with Crippen molar-refractivity contribution in [1.82, 2.24) is 24.5 Å². The van der Waals surface area contributed by atoms with Crippen molar-refractivity contribution in [2.45, 2.75) is 44.4 Å². The minimum Gasteiger partial charge on any atom is -0.387 e. The first kappa shape index (κ1) is 29.7. The molecule has 0 bridgehead atoms. The molecule has 1 saturated heterocycles. The van der Waals surface area contributed by atoms with Crippen molar-refractivity contribution in [3.8, 4) is 11.3 Å². The second kappa shape index (κ2) is 10.7. The summed E-state index contributed by atoms with van der Waals surface area (Å²) < 4.78 is 53.2. The summed E-state index contributed by atoms with van der Waals surface area (Å²) in [5.74, 6) is -0.214. The SMILES string of the molecule is CC(C)n1cc(-c2cn([C@@H]3O[C@H](COP(=O)(O)OP(=O)(O)OP(=O)(O)O)C(O)[C@@H]3O)c(=O)nc2N)nn1. The summed E-state index contributed by atoms with van der Waals surface area (Å²) in [4.78, 5) is 52.0. The second-order valence-electron chi connectivity index (χ2n) is 7.84.